The molecular formula is C9H9ClN2O2. The molecule has 0 aliphatic rings. The zero-order chi connectivity index (χ0) is 10.6. The second kappa shape index (κ2) is 4.68. The molecule has 0 aliphatic heterocycles. The second-order valence-electron chi connectivity index (χ2n) is 2.84. The SMILES string of the molecule is CC(C#N)CNC(=O)c1ccc(Cl)o1. The molecule has 74 valence electrons. The zero-order valence-corrected chi connectivity index (χ0v) is 8.34. The van der Waals surface area contributed by atoms with Crippen molar-refractivity contribution in [3.63, 3.8) is 0 Å². The molecule has 1 unspecified atom stereocenters. The lowest BCUT2D eigenvalue weighted by atomic mass is 10.2. The molecular weight excluding hydrogens is 204 g/mol. The van der Waals surface area contributed by atoms with Gasteiger partial charge in [-0.1, -0.05) is 0 Å². The first-order chi connectivity index (χ1) is 6.63. The van der Waals surface area contributed by atoms with E-state index >= 15 is 0 Å². The maximum atomic E-state index is 11.3. The van der Waals surface area contributed by atoms with Gasteiger partial charge in [0.15, 0.2) is 11.0 Å². The Labute approximate surface area is 86.5 Å². The summed E-state index contributed by atoms with van der Waals surface area (Å²) in [7, 11) is 0. The van der Waals surface area contributed by atoms with E-state index in [1.165, 1.54) is 12.1 Å². The van der Waals surface area contributed by atoms with Crippen LogP contribution in [-0.4, -0.2) is 12.5 Å². The zero-order valence-electron chi connectivity index (χ0n) is 7.58. The maximum Gasteiger partial charge on any atom is 0.287 e. The predicted molar refractivity (Wildman–Crippen MR) is 50.8 cm³/mol. The summed E-state index contributed by atoms with van der Waals surface area (Å²) in [6, 6.07) is 4.98. The van der Waals surface area contributed by atoms with E-state index < -0.39 is 0 Å². The van der Waals surface area contributed by atoms with Crippen LogP contribution in [0.15, 0.2) is 16.5 Å². The van der Waals surface area contributed by atoms with Crippen LogP contribution in [0.3, 0.4) is 0 Å². The lowest BCUT2D eigenvalue weighted by Crippen LogP contribution is -2.27. The Morgan fingerprint density at radius 2 is 2.50 bits per heavy atom. The number of hydrogen-bond acceptors (Lipinski definition) is 3. The minimum atomic E-state index is -0.362. The maximum absolute atomic E-state index is 11.3. The highest BCUT2D eigenvalue weighted by Gasteiger charge is 2.10. The van der Waals surface area contributed by atoms with Crippen molar-refractivity contribution in [1.29, 1.82) is 5.26 Å². The summed E-state index contributed by atoms with van der Waals surface area (Å²) < 4.78 is 4.88. The smallest absolute Gasteiger partial charge is 0.287 e. The van der Waals surface area contributed by atoms with Gasteiger partial charge in [-0.15, -0.1) is 0 Å². The van der Waals surface area contributed by atoms with Gasteiger partial charge in [0.1, 0.15) is 0 Å². The van der Waals surface area contributed by atoms with Crippen LogP contribution >= 0.6 is 11.6 Å². The number of halogens is 1. The summed E-state index contributed by atoms with van der Waals surface area (Å²) in [6.45, 7) is 2.02. The highest BCUT2D eigenvalue weighted by Crippen LogP contribution is 2.12. The average Bonchev–Trinajstić information content (AvgIpc) is 2.60. The molecule has 0 fully saturated rings. The molecule has 5 heteroatoms. The largest absolute Gasteiger partial charge is 0.440 e. The van der Waals surface area contributed by atoms with Crippen molar-refractivity contribution >= 4 is 17.5 Å². The first kappa shape index (κ1) is 10.6. The molecule has 0 saturated heterocycles. The van der Waals surface area contributed by atoms with Crippen molar-refractivity contribution in [3.05, 3.63) is 23.1 Å². The Morgan fingerprint density at radius 3 is 3.00 bits per heavy atom. The third kappa shape index (κ3) is 2.79. The summed E-state index contributed by atoms with van der Waals surface area (Å²) in [5.41, 5.74) is 0. The summed E-state index contributed by atoms with van der Waals surface area (Å²) >= 11 is 5.50. The van der Waals surface area contributed by atoms with E-state index in [2.05, 4.69) is 5.32 Å². The van der Waals surface area contributed by atoms with Gasteiger partial charge in [0.05, 0.1) is 12.0 Å². The van der Waals surface area contributed by atoms with E-state index in [0.29, 0.717) is 6.54 Å². The lowest BCUT2D eigenvalue weighted by Gasteiger charge is -2.03. The minimum Gasteiger partial charge on any atom is -0.440 e. The third-order valence-corrected chi connectivity index (χ3v) is 1.79. The van der Waals surface area contributed by atoms with Crippen molar-refractivity contribution in [2.45, 2.75) is 6.92 Å². The number of rotatable bonds is 3. The molecule has 1 aromatic heterocycles. The molecule has 1 atom stereocenters. The Morgan fingerprint density at radius 1 is 1.79 bits per heavy atom. The fraction of sp³-hybridized carbons (Fsp3) is 0.333. The van der Waals surface area contributed by atoms with Gasteiger partial charge >= 0.3 is 0 Å². The van der Waals surface area contributed by atoms with Crippen LogP contribution in [0, 0.1) is 17.2 Å². The van der Waals surface area contributed by atoms with E-state index in [1.54, 1.807) is 6.92 Å². The van der Waals surface area contributed by atoms with Crippen LogP contribution in [-0.2, 0) is 0 Å². The van der Waals surface area contributed by atoms with E-state index in [9.17, 15) is 4.79 Å². The van der Waals surface area contributed by atoms with Crippen LogP contribution in [0.4, 0.5) is 0 Å². The number of carbonyl (C=O) groups is 1. The minimum absolute atomic E-state index is 0.153. The highest BCUT2D eigenvalue weighted by molar-refractivity contribution is 6.29. The van der Waals surface area contributed by atoms with Gasteiger partial charge in [0.2, 0.25) is 0 Å². The summed E-state index contributed by atoms with van der Waals surface area (Å²) in [6.07, 6.45) is 0. The average molecular weight is 213 g/mol. The number of amides is 1. The van der Waals surface area contributed by atoms with Gasteiger partial charge < -0.3 is 9.73 Å². The monoisotopic (exact) mass is 212 g/mol. The molecule has 0 bridgehead atoms. The van der Waals surface area contributed by atoms with E-state index in [1.807, 2.05) is 6.07 Å². The van der Waals surface area contributed by atoms with Crippen molar-refractivity contribution in [1.82, 2.24) is 5.32 Å². The molecule has 0 aromatic carbocycles. The number of furan rings is 1. The second-order valence-corrected chi connectivity index (χ2v) is 3.22. The van der Waals surface area contributed by atoms with Crippen molar-refractivity contribution in [3.8, 4) is 6.07 Å². The summed E-state index contributed by atoms with van der Waals surface area (Å²) in [4.78, 5) is 11.3. The van der Waals surface area contributed by atoms with E-state index in [-0.39, 0.29) is 22.8 Å². The third-order valence-electron chi connectivity index (χ3n) is 1.59. The number of carbonyl (C=O) groups excluding carboxylic acids is 1. The van der Waals surface area contributed by atoms with Gasteiger partial charge in [0, 0.05) is 6.54 Å². The fourth-order valence-corrected chi connectivity index (χ4v) is 0.961. The molecule has 0 spiro atoms. The van der Waals surface area contributed by atoms with E-state index in [0.717, 1.165) is 0 Å². The summed E-state index contributed by atoms with van der Waals surface area (Å²) in [5, 5.41) is 11.2. The van der Waals surface area contributed by atoms with Crippen LogP contribution in [0.1, 0.15) is 17.5 Å². The van der Waals surface area contributed by atoms with Crippen molar-refractivity contribution in [2.24, 2.45) is 5.92 Å². The quantitative estimate of drug-likeness (QED) is 0.831. The molecule has 0 saturated carbocycles. The van der Waals surface area contributed by atoms with Gasteiger partial charge in [-0.3, -0.25) is 4.79 Å². The van der Waals surface area contributed by atoms with Crippen molar-refractivity contribution in [2.75, 3.05) is 6.54 Å². The standard InChI is InChI=1S/C9H9ClN2O2/c1-6(4-11)5-12-9(13)7-2-3-8(10)14-7/h2-3,6H,5H2,1H3,(H,12,13). The molecule has 1 rings (SSSR count). The Kier molecular flexibility index (Phi) is 3.55. The Hall–Kier alpha value is -1.47. The number of hydrogen-bond donors (Lipinski definition) is 1. The summed E-state index contributed by atoms with van der Waals surface area (Å²) in [5.74, 6) is -0.427. The number of nitriles is 1. The Bertz CT molecular complexity index is 367. The van der Waals surface area contributed by atoms with E-state index in [4.69, 9.17) is 21.3 Å². The van der Waals surface area contributed by atoms with Gasteiger partial charge in [-0.05, 0) is 30.7 Å². The van der Waals surface area contributed by atoms with Gasteiger partial charge in [0.25, 0.3) is 5.91 Å². The topological polar surface area (TPSA) is 66.0 Å². The van der Waals surface area contributed by atoms with Gasteiger partial charge in [-0.2, -0.15) is 5.26 Å². The number of nitrogens with one attached hydrogen (secondary N) is 1. The van der Waals surface area contributed by atoms with Crippen LogP contribution in [0.25, 0.3) is 0 Å². The predicted octanol–water partition coefficient (Wildman–Crippen LogP) is 1.82. The molecule has 1 heterocycles. The lowest BCUT2D eigenvalue weighted by molar-refractivity contribution is 0.0923. The van der Waals surface area contributed by atoms with Crippen LogP contribution < -0.4 is 5.32 Å². The van der Waals surface area contributed by atoms with Gasteiger partial charge in [-0.25, -0.2) is 0 Å². The molecule has 1 N–H and O–H groups in total. The fourth-order valence-electron chi connectivity index (χ4n) is 0.815. The van der Waals surface area contributed by atoms with Crippen LogP contribution in [0.2, 0.25) is 5.22 Å². The number of nitrogens with zero attached hydrogens (tertiary/aromatic N) is 1. The molecule has 0 radical (unpaired) electrons. The molecule has 1 amide bonds. The first-order valence-corrected chi connectivity index (χ1v) is 4.44. The Balaban J connectivity index is 2.48. The normalized spacial score (nSPS) is 11.8. The molecule has 14 heavy (non-hydrogen) atoms. The highest BCUT2D eigenvalue weighted by atomic mass is 35.5. The van der Waals surface area contributed by atoms with Crippen molar-refractivity contribution < 1.29 is 9.21 Å². The van der Waals surface area contributed by atoms with Crippen LogP contribution in [0.5, 0.6) is 0 Å². The molecule has 4 nitrogen and oxygen atoms in total. The molecule has 0 aliphatic carbocycles. The molecule has 1 aromatic rings. The first-order valence-electron chi connectivity index (χ1n) is 4.06.